The Labute approximate surface area is 104 Å². The van der Waals surface area contributed by atoms with E-state index < -0.39 is 0 Å². The monoisotopic (exact) mass is 252 g/mol. The van der Waals surface area contributed by atoms with Crippen molar-refractivity contribution >= 4 is 22.7 Å². The van der Waals surface area contributed by atoms with Crippen LogP contribution in [0, 0.1) is 5.92 Å². The molecule has 0 aromatic carbocycles. The van der Waals surface area contributed by atoms with Crippen LogP contribution in [0.25, 0.3) is 10.6 Å². The van der Waals surface area contributed by atoms with Crippen LogP contribution < -0.4 is 5.73 Å². The maximum absolute atomic E-state index is 5.60. The number of thiophene rings is 1. The predicted octanol–water partition coefficient (Wildman–Crippen LogP) is 3.40. The van der Waals surface area contributed by atoms with Gasteiger partial charge in [-0.2, -0.15) is 0 Å². The fourth-order valence-corrected chi connectivity index (χ4v) is 3.03. The third-order valence-corrected chi connectivity index (χ3v) is 4.38. The van der Waals surface area contributed by atoms with E-state index in [1.165, 1.54) is 9.88 Å². The van der Waals surface area contributed by atoms with Crippen LogP contribution >= 0.6 is 22.7 Å². The van der Waals surface area contributed by atoms with Crippen LogP contribution in [0.15, 0.2) is 22.9 Å². The van der Waals surface area contributed by atoms with Crippen molar-refractivity contribution in [3.05, 3.63) is 27.9 Å². The summed E-state index contributed by atoms with van der Waals surface area (Å²) in [4.78, 5) is 5.91. The van der Waals surface area contributed by atoms with Gasteiger partial charge in [0.1, 0.15) is 0 Å². The highest BCUT2D eigenvalue weighted by Gasteiger charge is 2.06. The molecule has 0 aliphatic rings. The molecule has 1 unspecified atom stereocenters. The van der Waals surface area contributed by atoms with Gasteiger partial charge in [0.15, 0.2) is 0 Å². The van der Waals surface area contributed by atoms with Crippen LogP contribution in [-0.4, -0.2) is 11.5 Å². The highest BCUT2D eigenvalue weighted by atomic mass is 32.1. The second kappa shape index (κ2) is 5.57. The van der Waals surface area contributed by atoms with Crippen LogP contribution in [0.4, 0.5) is 0 Å². The fraction of sp³-hybridized carbons (Fsp3) is 0.417. The SMILES string of the molecule is CC(CN)CCc1nc(-c2cccs2)cs1. The summed E-state index contributed by atoms with van der Waals surface area (Å²) in [6, 6.07) is 4.18. The summed E-state index contributed by atoms with van der Waals surface area (Å²) in [7, 11) is 0. The number of nitrogens with two attached hydrogens (primary N) is 1. The third kappa shape index (κ3) is 2.90. The molecule has 0 aliphatic heterocycles. The summed E-state index contributed by atoms with van der Waals surface area (Å²) in [6.45, 7) is 2.96. The van der Waals surface area contributed by atoms with E-state index in [-0.39, 0.29) is 0 Å². The largest absolute Gasteiger partial charge is 0.330 e. The molecule has 0 aliphatic carbocycles. The lowest BCUT2D eigenvalue weighted by Gasteiger charge is -2.04. The van der Waals surface area contributed by atoms with E-state index in [0.717, 1.165) is 25.1 Å². The molecule has 16 heavy (non-hydrogen) atoms. The first-order chi connectivity index (χ1) is 7.79. The minimum Gasteiger partial charge on any atom is -0.330 e. The van der Waals surface area contributed by atoms with Gasteiger partial charge < -0.3 is 5.73 Å². The van der Waals surface area contributed by atoms with Crippen LogP contribution in [-0.2, 0) is 6.42 Å². The van der Waals surface area contributed by atoms with E-state index in [1.54, 1.807) is 22.7 Å². The predicted molar refractivity (Wildman–Crippen MR) is 72.0 cm³/mol. The number of nitrogens with zero attached hydrogens (tertiary/aromatic N) is 1. The van der Waals surface area contributed by atoms with Crippen molar-refractivity contribution in [2.75, 3.05) is 6.54 Å². The fourth-order valence-electron chi connectivity index (χ4n) is 1.45. The topological polar surface area (TPSA) is 38.9 Å². The van der Waals surface area contributed by atoms with E-state index in [2.05, 4.69) is 34.8 Å². The van der Waals surface area contributed by atoms with E-state index in [9.17, 15) is 0 Å². The molecule has 0 amide bonds. The van der Waals surface area contributed by atoms with E-state index in [1.807, 2.05) is 0 Å². The Morgan fingerprint density at radius 3 is 3.00 bits per heavy atom. The first-order valence-corrected chi connectivity index (χ1v) is 7.24. The second-order valence-electron chi connectivity index (χ2n) is 3.98. The first-order valence-electron chi connectivity index (χ1n) is 5.48. The van der Waals surface area contributed by atoms with Crippen LogP contribution in [0.2, 0.25) is 0 Å². The lowest BCUT2D eigenvalue weighted by molar-refractivity contribution is 0.544. The standard InChI is InChI=1S/C12H16N2S2/c1-9(7-13)4-5-12-14-10(8-16-12)11-3-2-6-15-11/h2-3,6,8-9H,4-5,7,13H2,1H3. The summed E-state index contributed by atoms with van der Waals surface area (Å²) in [5.41, 5.74) is 6.72. The van der Waals surface area contributed by atoms with Gasteiger partial charge in [-0.05, 0) is 36.8 Å². The number of aromatic nitrogens is 1. The normalized spacial score (nSPS) is 12.9. The molecule has 2 nitrogen and oxygen atoms in total. The zero-order valence-electron chi connectivity index (χ0n) is 9.35. The van der Waals surface area contributed by atoms with Crippen molar-refractivity contribution in [2.24, 2.45) is 11.7 Å². The van der Waals surface area contributed by atoms with Crippen molar-refractivity contribution in [3.63, 3.8) is 0 Å². The quantitative estimate of drug-likeness (QED) is 0.885. The summed E-state index contributed by atoms with van der Waals surface area (Å²) in [5.74, 6) is 0.592. The highest BCUT2D eigenvalue weighted by molar-refractivity contribution is 7.14. The number of aryl methyl sites for hydroxylation is 1. The number of hydrogen-bond donors (Lipinski definition) is 1. The van der Waals surface area contributed by atoms with Gasteiger partial charge in [0.25, 0.3) is 0 Å². The average Bonchev–Trinajstić information content (AvgIpc) is 2.95. The summed E-state index contributed by atoms with van der Waals surface area (Å²) >= 11 is 3.50. The minimum atomic E-state index is 0.592. The highest BCUT2D eigenvalue weighted by Crippen LogP contribution is 2.26. The van der Waals surface area contributed by atoms with Crippen molar-refractivity contribution in [1.29, 1.82) is 0 Å². The van der Waals surface area contributed by atoms with Gasteiger partial charge in [-0.25, -0.2) is 4.98 Å². The van der Waals surface area contributed by atoms with Gasteiger partial charge in [0.2, 0.25) is 0 Å². The molecule has 0 spiro atoms. The van der Waals surface area contributed by atoms with Gasteiger partial charge in [-0.15, -0.1) is 22.7 Å². The van der Waals surface area contributed by atoms with Gasteiger partial charge in [0.05, 0.1) is 15.6 Å². The molecule has 1 atom stereocenters. The summed E-state index contributed by atoms with van der Waals surface area (Å²) in [5, 5.41) is 5.46. The molecular formula is C12H16N2S2. The smallest absolute Gasteiger partial charge is 0.0933 e. The molecule has 4 heteroatoms. The van der Waals surface area contributed by atoms with Crippen LogP contribution in [0.5, 0.6) is 0 Å². The lowest BCUT2D eigenvalue weighted by atomic mass is 10.1. The Morgan fingerprint density at radius 2 is 2.31 bits per heavy atom. The Balaban J connectivity index is 1.98. The van der Waals surface area contributed by atoms with Gasteiger partial charge in [0, 0.05) is 5.38 Å². The Morgan fingerprint density at radius 1 is 1.44 bits per heavy atom. The van der Waals surface area contributed by atoms with Gasteiger partial charge >= 0.3 is 0 Å². The van der Waals surface area contributed by atoms with Crippen molar-refractivity contribution < 1.29 is 0 Å². The molecule has 2 N–H and O–H groups in total. The first kappa shape index (κ1) is 11.8. The maximum atomic E-state index is 5.60. The maximum Gasteiger partial charge on any atom is 0.0933 e. The molecule has 2 aromatic rings. The number of thiazole rings is 1. The zero-order chi connectivity index (χ0) is 11.4. The Hall–Kier alpha value is -0.710. The number of rotatable bonds is 5. The molecule has 2 aromatic heterocycles. The molecule has 0 fully saturated rings. The van der Waals surface area contributed by atoms with Crippen molar-refractivity contribution in [2.45, 2.75) is 19.8 Å². The van der Waals surface area contributed by atoms with Gasteiger partial charge in [-0.1, -0.05) is 13.0 Å². The molecule has 0 bridgehead atoms. The third-order valence-electron chi connectivity index (χ3n) is 2.58. The summed E-state index contributed by atoms with van der Waals surface area (Å²) < 4.78 is 0. The van der Waals surface area contributed by atoms with Crippen molar-refractivity contribution in [3.8, 4) is 10.6 Å². The molecule has 2 heterocycles. The average molecular weight is 252 g/mol. The molecule has 0 saturated heterocycles. The Kier molecular flexibility index (Phi) is 4.09. The molecule has 86 valence electrons. The van der Waals surface area contributed by atoms with Crippen LogP contribution in [0.1, 0.15) is 18.4 Å². The zero-order valence-corrected chi connectivity index (χ0v) is 11.0. The molecule has 0 saturated carbocycles. The van der Waals surface area contributed by atoms with E-state index >= 15 is 0 Å². The summed E-state index contributed by atoms with van der Waals surface area (Å²) in [6.07, 6.45) is 2.18. The van der Waals surface area contributed by atoms with E-state index in [0.29, 0.717) is 5.92 Å². The Bertz CT molecular complexity index is 420. The molecular weight excluding hydrogens is 236 g/mol. The van der Waals surface area contributed by atoms with Crippen molar-refractivity contribution in [1.82, 2.24) is 4.98 Å². The number of hydrogen-bond acceptors (Lipinski definition) is 4. The second-order valence-corrected chi connectivity index (χ2v) is 5.87. The van der Waals surface area contributed by atoms with Crippen LogP contribution in [0.3, 0.4) is 0 Å². The minimum absolute atomic E-state index is 0.592. The molecule has 2 rings (SSSR count). The van der Waals surface area contributed by atoms with E-state index in [4.69, 9.17) is 5.73 Å². The van der Waals surface area contributed by atoms with Gasteiger partial charge in [-0.3, -0.25) is 0 Å². The lowest BCUT2D eigenvalue weighted by Crippen LogP contribution is -2.11. The molecule has 0 radical (unpaired) electrons.